The van der Waals surface area contributed by atoms with Gasteiger partial charge in [-0.3, -0.25) is 4.79 Å². The fourth-order valence-corrected chi connectivity index (χ4v) is 5.08. The maximum atomic E-state index is 12.8. The Balaban J connectivity index is 1.45. The topological polar surface area (TPSA) is 42.4 Å². The summed E-state index contributed by atoms with van der Waals surface area (Å²) in [6.07, 6.45) is 0.968. The number of hydrogen-bond donors (Lipinski definition) is 0. The number of halogens is 1. The van der Waals surface area contributed by atoms with Crippen LogP contribution in [-0.4, -0.2) is 36.0 Å². The lowest BCUT2D eigenvalue weighted by molar-refractivity contribution is 0.0786. The van der Waals surface area contributed by atoms with Gasteiger partial charge in [0.2, 0.25) is 0 Å². The third-order valence-corrected chi connectivity index (χ3v) is 6.81. The molecule has 0 bridgehead atoms. The van der Waals surface area contributed by atoms with Crippen LogP contribution >= 0.6 is 34.3 Å². The third-order valence-electron chi connectivity index (χ3n) is 4.57. The quantitative estimate of drug-likeness (QED) is 0.602. The van der Waals surface area contributed by atoms with E-state index in [2.05, 4.69) is 17.1 Å². The Bertz CT molecular complexity index is 920. The molecule has 1 amide bonds. The van der Waals surface area contributed by atoms with E-state index in [9.17, 15) is 4.79 Å². The number of hydrogen-bond acceptors (Lipinski definition) is 5. The summed E-state index contributed by atoms with van der Waals surface area (Å²) in [6, 6.07) is 11.9. The zero-order chi connectivity index (χ0) is 18.1. The molecule has 2 aromatic heterocycles. The molecule has 3 aromatic rings. The molecule has 4 rings (SSSR count). The number of thiophene rings is 1. The zero-order valence-corrected chi connectivity index (χ0v) is 16.5. The van der Waals surface area contributed by atoms with Gasteiger partial charge in [-0.1, -0.05) is 23.7 Å². The number of methoxy groups -OCH3 is 1. The van der Waals surface area contributed by atoms with Gasteiger partial charge in [-0.05, 0) is 36.2 Å². The second-order valence-corrected chi connectivity index (χ2v) is 8.72. The van der Waals surface area contributed by atoms with Crippen LogP contribution in [0.25, 0.3) is 9.88 Å². The van der Waals surface area contributed by atoms with Crippen molar-refractivity contribution in [3.05, 3.63) is 57.4 Å². The Morgan fingerprint density at radius 1 is 1.27 bits per heavy atom. The van der Waals surface area contributed by atoms with E-state index in [-0.39, 0.29) is 5.91 Å². The summed E-state index contributed by atoms with van der Waals surface area (Å²) in [5.41, 5.74) is 1.76. The molecular formula is C19H17ClN2O2S2. The van der Waals surface area contributed by atoms with E-state index in [4.69, 9.17) is 16.3 Å². The minimum Gasteiger partial charge on any atom is -0.497 e. The summed E-state index contributed by atoms with van der Waals surface area (Å²) in [7, 11) is 1.66. The van der Waals surface area contributed by atoms with Crippen molar-refractivity contribution < 1.29 is 9.53 Å². The largest absolute Gasteiger partial charge is 0.497 e. The van der Waals surface area contributed by atoms with Gasteiger partial charge in [0.05, 0.1) is 16.3 Å². The predicted octanol–water partition coefficient (Wildman–Crippen LogP) is 5.16. The van der Waals surface area contributed by atoms with Crippen LogP contribution in [0.2, 0.25) is 4.34 Å². The molecule has 134 valence electrons. The molecule has 4 nitrogen and oxygen atoms in total. The van der Waals surface area contributed by atoms with Gasteiger partial charge in [0.25, 0.3) is 5.91 Å². The van der Waals surface area contributed by atoms with E-state index in [1.54, 1.807) is 7.11 Å². The molecule has 1 aliphatic rings. The Hall–Kier alpha value is -1.89. The van der Waals surface area contributed by atoms with Gasteiger partial charge in [0.1, 0.15) is 16.5 Å². The highest BCUT2D eigenvalue weighted by atomic mass is 35.5. The molecule has 26 heavy (non-hydrogen) atoms. The molecule has 7 heteroatoms. The molecule has 0 spiro atoms. The summed E-state index contributed by atoms with van der Waals surface area (Å²) in [5.74, 6) is 1.22. The summed E-state index contributed by atoms with van der Waals surface area (Å²) in [4.78, 5) is 20.2. The van der Waals surface area contributed by atoms with E-state index in [1.807, 2.05) is 34.5 Å². The van der Waals surface area contributed by atoms with Crippen LogP contribution < -0.4 is 4.74 Å². The summed E-state index contributed by atoms with van der Waals surface area (Å²) >= 11 is 8.95. The Morgan fingerprint density at radius 2 is 2.08 bits per heavy atom. The summed E-state index contributed by atoms with van der Waals surface area (Å²) in [5, 5.41) is 2.68. The van der Waals surface area contributed by atoms with Crippen LogP contribution in [0.4, 0.5) is 0 Å². The number of carbonyl (C=O) groups is 1. The lowest BCUT2D eigenvalue weighted by atomic mass is 9.98. The van der Waals surface area contributed by atoms with Crippen molar-refractivity contribution in [3.63, 3.8) is 0 Å². The minimum atomic E-state index is 0.00571. The third kappa shape index (κ3) is 3.49. The Labute approximate surface area is 165 Å². The van der Waals surface area contributed by atoms with E-state index in [0.717, 1.165) is 39.5 Å². The van der Waals surface area contributed by atoms with Gasteiger partial charge in [0, 0.05) is 24.4 Å². The van der Waals surface area contributed by atoms with E-state index in [0.29, 0.717) is 11.6 Å². The molecule has 1 aromatic carbocycles. The molecule has 1 aliphatic heterocycles. The normalized spacial score (nSPS) is 16.8. The Kier molecular flexibility index (Phi) is 4.98. The lowest BCUT2D eigenvalue weighted by Gasteiger charge is -2.15. The number of carbonyl (C=O) groups excluding carboxylic acids is 1. The minimum absolute atomic E-state index is 0.00571. The first-order valence-electron chi connectivity index (χ1n) is 8.28. The van der Waals surface area contributed by atoms with Crippen LogP contribution in [0.5, 0.6) is 5.75 Å². The van der Waals surface area contributed by atoms with Gasteiger partial charge in [-0.2, -0.15) is 0 Å². The van der Waals surface area contributed by atoms with E-state index >= 15 is 0 Å². The molecule has 0 N–H and O–H groups in total. The van der Waals surface area contributed by atoms with Crippen molar-refractivity contribution in [2.75, 3.05) is 20.2 Å². The van der Waals surface area contributed by atoms with E-state index < -0.39 is 0 Å². The van der Waals surface area contributed by atoms with Crippen LogP contribution in [0.15, 0.2) is 41.8 Å². The van der Waals surface area contributed by atoms with E-state index in [1.165, 1.54) is 28.2 Å². The zero-order valence-electron chi connectivity index (χ0n) is 14.1. The van der Waals surface area contributed by atoms with Gasteiger partial charge in [-0.15, -0.1) is 22.7 Å². The maximum Gasteiger partial charge on any atom is 0.273 e. The van der Waals surface area contributed by atoms with Gasteiger partial charge in [0.15, 0.2) is 0 Å². The number of likely N-dealkylation sites (tertiary alicyclic amines) is 1. The van der Waals surface area contributed by atoms with Crippen LogP contribution in [-0.2, 0) is 0 Å². The molecule has 0 radical (unpaired) electrons. The number of nitrogens with zero attached hydrogens (tertiary/aromatic N) is 2. The highest BCUT2D eigenvalue weighted by Crippen LogP contribution is 2.34. The molecule has 0 aliphatic carbocycles. The molecule has 1 unspecified atom stereocenters. The number of thiazole rings is 1. The number of aromatic nitrogens is 1. The number of rotatable bonds is 4. The number of benzene rings is 1. The Morgan fingerprint density at radius 3 is 2.77 bits per heavy atom. The van der Waals surface area contributed by atoms with Gasteiger partial charge < -0.3 is 9.64 Å². The van der Waals surface area contributed by atoms with Crippen molar-refractivity contribution in [1.29, 1.82) is 0 Å². The fraction of sp³-hybridized carbons (Fsp3) is 0.263. The molecule has 1 fully saturated rings. The lowest BCUT2D eigenvalue weighted by Crippen LogP contribution is -2.28. The van der Waals surface area contributed by atoms with Crippen molar-refractivity contribution in [1.82, 2.24) is 9.88 Å². The SMILES string of the molecule is COc1ccc(C2CCN(C(=O)c3csc(-c4ccc(Cl)s4)n3)C2)cc1. The van der Waals surface area contributed by atoms with Crippen LogP contribution in [0, 0.1) is 0 Å². The molecule has 3 heterocycles. The average molecular weight is 405 g/mol. The fourth-order valence-electron chi connectivity index (χ4n) is 3.17. The first-order chi connectivity index (χ1) is 12.6. The number of ether oxygens (including phenoxy) is 1. The average Bonchev–Trinajstić information content (AvgIpc) is 3.41. The predicted molar refractivity (Wildman–Crippen MR) is 107 cm³/mol. The van der Waals surface area contributed by atoms with Crippen molar-refractivity contribution >= 4 is 40.2 Å². The molecule has 0 saturated carbocycles. The first-order valence-corrected chi connectivity index (χ1v) is 10.4. The first kappa shape index (κ1) is 17.5. The van der Waals surface area contributed by atoms with Crippen LogP contribution in [0.1, 0.15) is 28.4 Å². The monoisotopic (exact) mass is 404 g/mol. The molecule has 1 atom stereocenters. The van der Waals surface area contributed by atoms with Crippen molar-refractivity contribution in [2.45, 2.75) is 12.3 Å². The van der Waals surface area contributed by atoms with Gasteiger partial charge >= 0.3 is 0 Å². The van der Waals surface area contributed by atoms with Crippen LogP contribution in [0.3, 0.4) is 0 Å². The van der Waals surface area contributed by atoms with Gasteiger partial charge in [-0.25, -0.2) is 4.98 Å². The number of amides is 1. The second kappa shape index (κ2) is 7.39. The second-order valence-electron chi connectivity index (χ2n) is 6.15. The summed E-state index contributed by atoms with van der Waals surface area (Å²) < 4.78 is 5.94. The van der Waals surface area contributed by atoms with Crippen molar-refractivity contribution in [2.24, 2.45) is 0 Å². The highest BCUT2D eigenvalue weighted by Gasteiger charge is 2.29. The smallest absolute Gasteiger partial charge is 0.273 e. The highest BCUT2D eigenvalue weighted by molar-refractivity contribution is 7.23. The maximum absolute atomic E-state index is 12.8. The molecular weight excluding hydrogens is 388 g/mol. The molecule has 1 saturated heterocycles. The summed E-state index contributed by atoms with van der Waals surface area (Å²) in [6.45, 7) is 1.48. The van der Waals surface area contributed by atoms with Crippen molar-refractivity contribution in [3.8, 4) is 15.6 Å². The standard InChI is InChI=1S/C19H17ClN2O2S2/c1-24-14-4-2-12(3-5-14)13-8-9-22(10-13)19(23)15-11-25-18(21-15)16-6-7-17(20)26-16/h2-7,11,13H,8-10H2,1H3.